The Morgan fingerprint density at radius 1 is 1.25 bits per heavy atom. The van der Waals surface area contributed by atoms with Gasteiger partial charge in [-0.15, -0.1) is 21.5 Å². The topological polar surface area (TPSA) is 86.1 Å². The molecule has 10 heteroatoms. The van der Waals surface area contributed by atoms with Crippen LogP contribution in [-0.4, -0.2) is 39.5 Å². The fourth-order valence-electron chi connectivity index (χ4n) is 3.16. The summed E-state index contributed by atoms with van der Waals surface area (Å²) in [5, 5.41) is 14.1. The number of anilines is 1. The number of esters is 1. The van der Waals surface area contributed by atoms with Crippen molar-refractivity contribution in [3.63, 3.8) is 0 Å². The zero-order valence-electron chi connectivity index (χ0n) is 18.3. The molecule has 1 N–H and O–H groups in total. The van der Waals surface area contributed by atoms with Gasteiger partial charge in [-0.1, -0.05) is 44.7 Å². The van der Waals surface area contributed by atoms with Gasteiger partial charge in [0.25, 0.3) is 0 Å². The van der Waals surface area contributed by atoms with E-state index >= 15 is 0 Å². The van der Waals surface area contributed by atoms with Crippen LogP contribution in [0.25, 0.3) is 11.1 Å². The van der Waals surface area contributed by atoms with Crippen molar-refractivity contribution < 1.29 is 18.7 Å². The first-order valence-electron chi connectivity index (χ1n) is 10.2. The van der Waals surface area contributed by atoms with Gasteiger partial charge in [0.05, 0.1) is 12.9 Å². The van der Waals surface area contributed by atoms with Crippen LogP contribution in [0, 0.1) is 5.82 Å². The molecule has 0 radical (unpaired) electrons. The molecule has 0 spiro atoms. The van der Waals surface area contributed by atoms with Gasteiger partial charge in [0.15, 0.2) is 5.16 Å². The minimum atomic E-state index is -0.571. The number of halogens is 1. The van der Waals surface area contributed by atoms with Crippen LogP contribution in [0.2, 0.25) is 0 Å². The first kappa shape index (κ1) is 23.9. The minimum Gasteiger partial charge on any atom is -0.465 e. The molecule has 1 aromatic carbocycles. The number of thioether (sulfide) groups is 1. The smallest absolute Gasteiger partial charge is 0.341 e. The second-order valence-electron chi connectivity index (χ2n) is 7.34. The second kappa shape index (κ2) is 10.7. The van der Waals surface area contributed by atoms with Crippen LogP contribution in [0.5, 0.6) is 0 Å². The summed E-state index contributed by atoms with van der Waals surface area (Å²) in [7, 11) is 1.28. The minimum absolute atomic E-state index is 0.115. The summed E-state index contributed by atoms with van der Waals surface area (Å²) in [6.07, 6.45) is 0.932. The van der Waals surface area contributed by atoms with E-state index in [1.807, 2.05) is 4.57 Å². The van der Waals surface area contributed by atoms with Crippen molar-refractivity contribution in [2.24, 2.45) is 0 Å². The van der Waals surface area contributed by atoms with Crippen LogP contribution in [-0.2, 0) is 16.1 Å². The van der Waals surface area contributed by atoms with E-state index in [4.69, 9.17) is 4.74 Å². The lowest BCUT2D eigenvalue weighted by Crippen LogP contribution is -2.16. The molecule has 2 heterocycles. The first-order chi connectivity index (χ1) is 15.3. The van der Waals surface area contributed by atoms with E-state index in [1.165, 1.54) is 42.3 Å². The number of ether oxygens (including phenoxy) is 1. The van der Waals surface area contributed by atoms with Crippen LogP contribution in [0.1, 0.15) is 49.3 Å². The summed E-state index contributed by atoms with van der Waals surface area (Å²) in [6, 6.07) is 5.80. The first-order valence-corrected chi connectivity index (χ1v) is 12.0. The van der Waals surface area contributed by atoms with Gasteiger partial charge >= 0.3 is 5.97 Å². The number of carbonyl (C=O) groups excluding carboxylic acids is 2. The number of hydrogen-bond donors (Lipinski definition) is 1. The van der Waals surface area contributed by atoms with Crippen LogP contribution in [0.3, 0.4) is 0 Å². The predicted octanol–water partition coefficient (Wildman–Crippen LogP) is 5.20. The van der Waals surface area contributed by atoms with Gasteiger partial charge in [-0.05, 0) is 24.1 Å². The Morgan fingerprint density at radius 2 is 1.97 bits per heavy atom. The van der Waals surface area contributed by atoms with Crippen molar-refractivity contribution >= 4 is 40.0 Å². The molecule has 32 heavy (non-hydrogen) atoms. The third kappa shape index (κ3) is 5.36. The number of methoxy groups -OCH3 is 1. The van der Waals surface area contributed by atoms with Crippen LogP contribution < -0.4 is 5.32 Å². The number of amides is 1. The second-order valence-corrected chi connectivity index (χ2v) is 9.16. The van der Waals surface area contributed by atoms with Gasteiger partial charge in [-0.3, -0.25) is 4.79 Å². The number of thiophene rings is 1. The molecule has 170 valence electrons. The zero-order valence-corrected chi connectivity index (χ0v) is 20.0. The molecular formula is C22H25FN4O3S2. The summed E-state index contributed by atoms with van der Waals surface area (Å²) in [6.45, 7) is 6.97. The van der Waals surface area contributed by atoms with E-state index in [1.54, 1.807) is 17.5 Å². The SMILES string of the molecule is CCCn1c(SCC(=O)Nc2scc(-c3ccc(F)cc3)c2C(=O)OC)nnc1C(C)C. The van der Waals surface area contributed by atoms with E-state index in [0.29, 0.717) is 21.3 Å². The molecule has 0 aliphatic rings. The highest BCUT2D eigenvalue weighted by atomic mass is 32.2. The quantitative estimate of drug-likeness (QED) is 0.338. The summed E-state index contributed by atoms with van der Waals surface area (Å²) in [4.78, 5) is 25.1. The average Bonchev–Trinajstić information content (AvgIpc) is 3.37. The molecule has 0 atom stereocenters. The molecule has 3 rings (SSSR count). The molecular weight excluding hydrogens is 451 g/mol. The maximum atomic E-state index is 13.3. The molecule has 2 aromatic heterocycles. The number of hydrogen-bond acceptors (Lipinski definition) is 7. The van der Waals surface area contributed by atoms with E-state index in [0.717, 1.165) is 18.8 Å². The van der Waals surface area contributed by atoms with Gasteiger partial charge in [0.2, 0.25) is 5.91 Å². The van der Waals surface area contributed by atoms with Gasteiger partial charge in [-0.2, -0.15) is 0 Å². The molecule has 0 unspecified atom stereocenters. The summed E-state index contributed by atoms with van der Waals surface area (Å²) >= 11 is 2.52. The van der Waals surface area contributed by atoms with Crippen LogP contribution >= 0.6 is 23.1 Å². The average molecular weight is 477 g/mol. The Bertz CT molecular complexity index is 1090. The number of nitrogens with zero attached hydrogens (tertiary/aromatic N) is 3. The number of carbonyl (C=O) groups is 2. The number of aromatic nitrogens is 3. The number of rotatable bonds is 9. The van der Waals surface area contributed by atoms with Crippen molar-refractivity contribution in [3.05, 3.63) is 46.9 Å². The zero-order chi connectivity index (χ0) is 23.3. The highest BCUT2D eigenvalue weighted by molar-refractivity contribution is 7.99. The fourth-order valence-corrected chi connectivity index (χ4v) is 4.90. The molecule has 0 saturated carbocycles. The lowest BCUT2D eigenvalue weighted by atomic mass is 10.0. The van der Waals surface area contributed by atoms with Crippen molar-refractivity contribution in [1.82, 2.24) is 14.8 Å². The standard InChI is InChI=1S/C22H25FN4O3S2/c1-5-10-27-19(13(2)3)25-26-22(27)32-12-17(28)24-20-18(21(29)30-4)16(11-31-20)14-6-8-15(23)9-7-14/h6-9,11,13H,5,10,12H2,1-4H3,(H,24,28). The van der Waals surface area contributed by atoms with Gasteiger partial charge in [-0.25, -0.2) is 9.18 Å². The van der Waals surface area contributed by atoms with Crippen molar-refractivity contribution in [2.75, 3.05) is 18.2 Å². The maximum absolute atomic E-state index is 13.3. The third-order valence-corrected chi connectivity index (χ3v) is 6.49. The predicted molar refractivity (Wildman–Crippen MR) is 125 cm³/mol. The maximum Gasteiger partial charge on any atom is 0.341 e. The summed E-state index contributed by atoms with van der Waals surface area (Å²) in [5.74, 6) is 0.0266. The molecule has 0 bridgehead atoms. The van der Waals surface area contributed by atoms with Gasteiger partial charge < -0.3 is 14.6 Å². The van der Waals surface area contributed by atoms with Crippen molar-refractivity contribution in [1.29, 1.82) is 0 Å². The Balaban J connectivity index is 1.77. The number of nitrogens with one attached hydrogen (secondary N) is 1. The van der Waals surface area contributed by atoms with E-state index in [2.05, 4.69) is 36.3 Å². The van der Waals surface area contributed by atoms with E-state index < -0.39 is 5.97 Å². The molecule has 0 aliphatic carbocycles. The molecule has 7 nitrogen and oxygen atoms in total. The largest absolute Gasteiger partial charge is 0.465 e. The van der Waals surface area contributed by atoms with Crippen LogP contribution in [0.15, 0.2) is 34.8 Å². The van der Waals surface area contributed by atoms with Gasteiger partial charge in [0.1, 0.15) is 22.2 Å². The van der Waals surface area contributed by atoms with Crippen molar-refractivity contribution in [3.8, 4) is 11.1 Å². The van der Waals surface area contributed by atoms with E-state index in [-0.39, 0.29) is 29.0 Å². The number of benzene rings is 1. The lowest BCUT2D eigenvalue weighted by Gasteiger charge is -2.11. The normalized spacial score (nSPS) is 11.1. The Morgan fingerprint density at radius 3 is 2.59 bits per heavy atom. The monoisotopic (exact) mass is 476 g/mol. The Labute approximate surface area is 194 Å². The highest BCUT2D eigenvalue weighted by Crippen LogP contribution is 2.36. The molecule has 0 fully saturated rings. The fraction of sp³-hybridized carbons (Fsp3) is 0.364. The van der Waals surface area contributed by atoms with Crippen LogP contribution in [0.4, 0.5) is 9.39 Å². The van der Waals surface area contributed by atoms with Gasteiger partial charge in [0, 0.05) is 23.4 Å². The molecule has 3 aromatic rings. The molecule has 0 saturated heterocycles. The lowest BCUT2D eigenvalue weighted by molar-refractivity contribution is -0.113. The highest BCUT2D eigenvalue weighted by Gasteiger charge is 2.23. The summed E-state index contributed by atoms with van der Waals surface area (Å²) in [5.41, 5.74) is 1.49. The third-order valence-electron chi connectivity index (χ3n) is 4.63. The Kier molecular flexibility index (Phi) is 8.03. The molecule has 0 aliphatic heterocycles. The van der Waals surface area contributed by atoms with Crippen molar-refractivity contribution in [2.45, 2.75) is 44.8 Å². The Hall–Kier alpha value is -2.72. The van der Waals surface area contributed by atoms with E-state index in [9.17, 15) is 14.0 Å². The molecule has 1 amide bonds. The summed E-state index contributed by atoms with van der Waals surface area (Å²) < 4.78 is 20.2.